The average Bonchev–Trinajstić information content (AvgIpc) is 2.39. The van der Waals surface area contributed by atoms with Crippen LogP contribution in [0.3, 0.4) is 0 Å². The van der Waals surface area contributed by atoms with E-state index in [0.29, 0.717) is 20.3 Å². The van der Waals surface area contributed by atoms with E-state index in [9.17, 15) is 9.18 Å². The third kappa shape index (κ3) is 3.84. The molecule has 0 atom stereocenters. The van der Waals surface area contributed by atoms with Gasteiger partial charge in [0.2, 0.25) is 0 Å². The third-order valence-corrected chi connectivity index (χ3v) is 4.81. The van der Waals surface area contributed by atoms with Crippen LogP contribution in [0.4, 0.5) is 4.39 Å². The Morgan fingerprint density at radius 2 is 1.95 bits per heavy atom. The molecular weight excluding hydrogens is 411 g/mol. The molecule has 104 valence electrons. The van der Waals surface area contributed by atoms with E-state index >= 15 is 0 Å². The van der Waals surface area contributed by atoms with Gasteiger partial charge in [0, 0.05) is 19.6 Å². The quantitative estimate of drug-likeness (QED) is 0.679. The van der Waals surface area contributed by atoms with Gasteiger partial charge in [-0.25, -0.2) is 9.18 Å². The minimum atomic E-state index is -0.992. The van der Waals surface area contributed by atoms with E-state index in [4.69, 9.17) is 5.11 Å². The number of carboxylic acids is 1. The molecular formula is C14H9Br2FO2S. The van der Waals surface area contributed by atoms with Gasteiger partial charge in [-0.2, -0.15) is 0 Å². The maximum Gasteiger partial charge on any atom is 0.336 e. The summed E-state index contributed by atoms with van der Waals surface area (Å²) >= 11 is 7.79. The van der Waals surface area contributed by atoms with E-state index in [1.54, 1.807) is 30.3 Å². The number of benzene rings is 2. The van der Waals surface area contributed by atoms with Crippen LogP contribution in [0.5, 0.6) is 0 Å². The van der Waals surface area contributed by atoms with Gasteiger partial charge in [0.1, 0.15) is 5.82 Å². The van der Waals surface area contributed by atoms with Crippen LogP contribution in [0.25, 0.3) is 0 Å². The van der Waals surface area contributed by atoms with Crippen molar-refractivity contribution < 1.29 is 14.3 Å². The molecule has 0 aromatic heterocycles. The Morgan fingerprint density at radius 1 is 1.20 bits per heavy atom. The van der Waals surface area contributed by atoms with Gasteiger partial charge in [-0.05, 0) is 51.8 Å². The lowest BCUT2D eigenvalue weighted by Gasteiger charge is -2.06. The number of halogens is 3. The second-order valence-electron chi connectivity index (χ2n) is 3.97. The summed E-state index contributed by atoms with van der Waals surface area (Å²) in [6.45, 7) is 0. The number of aromatic carboxylic acids is 1. The fourth-order valence-electron chi connectivity index (χ4n) is 1.56. The van der Waals surface area contributed by atoms with Gasteiger partial charge in [0.15, 0.2) is 0 Å². The van der Waals surface area contributed by atoms with Gasteiger partial charge < -0.3 is 5.11 Å². The van der Waals surface area contributed by atoms with E-state index in [1.165, 1.54) is 17.8 Å². The van der Waals surface area contributed by atoms with E-state index < -0.39 is 5.97 Å². The Bertz CT molecular complexity index is 662. The minimum absolute atomic E-state index is 0.200. The number of rotatable bonds is 4. The lowest BCUT2D eigenvalue weighted by atomic mass is 10.2. The van der Waals surface area contributed by atoms with E-state index in [-0.39, 0.29) is 11.4 Å². The van der Waals surface area contributed by atoms with Crippen LogP contribution in [-0.2, 0) is 5.75 Å². The van der Waals surface area contributed by atoms with Crippen LogP contribution in [0.1, 0.15) is 15.9 Å². The highest BCUT2D eigenvalue weighted by Crippen LogP contribution is 2.28. The Morgan fingerprint density at radius 3 is 2.60 bits per heavy atom. The molecule has 0 spiro atoms. The summed E-state index contributed by atoms with van der Waals surface area (Å²) in [6.07, 6.45) is 0. The first kappa shape index (κ1) is 15.5. The van der Waals surface area contributed by atoms with Crippen molar-refractivity contribution in [1.29, 1.82) is 0 Å². The highest BCUT2D eigenvalue weighted by Gasteiger charge is 2.10. The predicted molar refractivity (Wildman–Crippen MR) is 84.8 cm³/mol. The largest absolute Gasteiger partial charge is 0.478 e. The van der Waals surface area contributed by atoms with Crippen molar-refractivity contribution in [2.75, 3.05) is 0 Å². The van der Waals surface area contributed by atoms with Gasteiger partial charge in [-0.3, -0.25) is 0 Å². The lowest BCUT2D eigenvalue weighted by Crippen LogP contribution is -1.97. The molecule has 0 aliphatic heterocycles. The van der Waals surface area contributed by atoms with Crippen LogP contribution in [-0.4, -0.2) is 11.1 Å². The molecule has 20 heavy (non-hydrogen) atoms. The van der Waals surface area contributed by atoms with Crippen molar-refractivity contribution >= 4 is 49.6 Å². The van der Waals surface area contributed by atoms with Crippen LogP contribution < -0.4 is 0 Å². The molecule has 0 saturated carbocycles. The van der Waals surface area contributed by atoms with Gasteiger partial charge in [0.25, 0.3) is 0 Å². The zero-order chi connectivity index (χ0) is 14.7. The molecule has 2 aromatic rings. The fraction of sp³-hybridized carbons (Fsp3) is 0.0714. The second-order valence-corrected chi connectivity index (χ2v) is 6.79. The minimum Gasteiger partial charge on any atom is -0.478 e. The molecule has 6 heteroatoms. The standard InChI is InChI=1S/C14H9Br2FO2S/c15-9-2-1-8(13(17)5-9)7-20-10-3-4-12(16)11(6-10)14(18)19/h1-6H,7H2,(H,18,19). The van der Waals surface area contributed by atoms with Crippen LogP contribution >= 0.6 is 43.6 Å². The third-order valence-electron chi connectivity index (χ3n) is 2.58. The summed E-state index contributed by atoms with van der Waals surface area (Å²) in [5.41, 5.74) is 0.782. The Labute approximate surface area is 136 Å². The van der Waals surface area contributed by atoms with Gasteiger partial charge in [-0.1, -0.05) is 22.0 Å². The normalized spacial score (nSPS) is 10.6. The smallest absolute Gasteiger partial charge is 0.336 e. The first-order valence-electron chi connectivity index (χ1n) is 5.57. The SMILES string of the molecule is O=C(O)c1cc(SCc2ccc(Br)cc2F)ccc1Br. The first-order valence-corrected chi connectivity index (χ1v) is 8.14. The molecule has 2 aromatic carbocycles. The Balaban J connectivity index is 2.15. The van der Waals surface area contributed by atoms with Crippen molar-refractivity contribution in [3.8, 4) is 0 Å². The molecule has 0 unspecified atom stereocenters. The molecule has 0 aliphatic rings. The van der Waals surface area contributed by atoms with Crippen LogP contribution in [0.15, 0.2) is 50.2 Å². The van der Waals surface area contributed by atoms with E-state index in [2.05, 4.69) is 31.9 Å². The monoisotopic (exact) mass is 418 g/mol. The molecule has 2 nitrogen and oxygen atoms in total. The summed E-state index contributed by atoms with van der Waals surface area (Å²) in [7, 11) is 0. The fourth-order valence-corrected chi connectivity index (χ4v) is 3.23. The molecule has 0 amide bonds. The predicted octanol–water partition coefficient (Wildman–Crippen LogP) is 5.34. The average molecular weight is 420 g/mol. The molecule has 0 bridgehead atoms. The van der Waals surface area contributed by atoms with Crippen molar-refractivity contribution in [3.63, 3.8) is 0 Å². The molecule has 0 radical (unpaired) electrons. The summed E-state index contributed by atoms with van der Waals surface area (Å²) in [5, 5.41) is 9.05. The molecule has 0 saturated heterocycles. The number of thioether (sulfide) groups is 1. The van der Waals surface area contributed by atoms with Crippen molar-refractivity contribution in [1.82, 2.24) is 0 Å². The maximum atomic E-state index is 13.7. The molecule has 0 aliphatic carbocycles. The summed E-state index contributed by atoms with van der Waals surface area (Å²) in [5.74, 6) is -0.823. The van der Waals surface area contributed by atoms with Gasteiger partial charge in [-0.15, -0.1) is 11.8 Å². The zero-order valence-electron chi connectivity index (χ0n) is 10.1. The van der Waals surface area contributed by atoms with E-state index in [1.807, 2.05) is 0 Å². The van der Waals surface area contributed by atoms with Crippen molar-refractivity contribution in [2.45, 2.75) is 10.6 Å². The highest BCUT2D eigenvalue weighted by molar-refractivity contribution is 9.10. The number of hydrogen-bond donors (Lipinski definition) is 1. The first-order chi connectivity index (χ1) is 9.47. The van der Waals surface area contributed by atoms with Crippen LogP contribution in [0, 0.1) is 5.82 Å². The molecule has 2 rings (SSSR count). The molecule has 0 fully saturated rings. The van der Waals surface area contributed by atoms with Crippen LogP contribution in [0.2, 0.25) is 0 Å². The molecule has 0 heterocycles. The highest BCUT2D eigenvalue weighted by atomic mass is 79.9. The lowest BCUT2D eigenvalue weighted by molar-refractivity contribution is 0.0695. The topological polar surface area (TPSA) is 37.3 Å². The summed E-state index contributed by atoms with van der Waals surface area (Å²) < 4.78 is 14.9. The number of carboxylic acid groups (broad SMARTS) is 1. The maximum absolute atomic E-state index is 13.7. The zero-order valence-corrected chi connectivity index (χ0v) is 14.1. The van der Waals surface area contributed by atoms with Gasteiger partial charge in [0.05, 0.1) is 5.56 Å². The Kier molecular flexibility index (Phi) is 5.23. The summed E-state index contributed by atoms with van der Waals surface area (Å²) in [6, 6.07) is 9.97. The second kappa shape index (κ2) is 6.74. The molecule has 1 N–H and O–H groups in total. The van der Waals surface area contributed by atoms with Crippen molar-refractivity contribution in [3.05, 3.63) is 62.3 Å². The Hall–Kier alpha value is -0.850. The van der Waals surface area contributed by atoms with Crippen molar-refractivity contribution in [2.24, 2.45) is 0 Å². The van der Waals surface area contributed by atoms with E-state index in [0.717, 1.165) is 4.90 Å². The number of carbonyl (C=O) groups is 1. The van der Waals surface area contributed by atoms with Gasteiger partial charge >= 0.3 is 5.97 Å². The number of hydrogen-bond acceptors (Lipinski definition) is 2. The summed E-state index contributed by atoms with van der Waals surface area (Å²) in [4.78, 5) is 11.8.